The second-order valence-corrected chi connectivity index (χ2v) is 5.61. The number of nitrogens with one attached hydrogen (secondary N) is 1. The van der Waals surface area contributed by atoms with E-state index >= 15 is 0 Å². The van der Waals surface area contributed by atoms with Crippen molar-refractivity contribution in [1.29, 1.82) is 0 Å². The number of rotatable bonds is 7. The monoisotopic (exact) mass is 256 g/mol. The summed E-state index contributed by atoms with van der Waals surface area (Å²) in [7, 11) is 0. The van der Waals surface area contributed by atoms with Gasteiger partial charge in [0.05, 0.1) is 12.5 Å². The van der Waals surface area contributed by atoms with Crippen molar-refractivity contribution in [1.82, 2.24) is 10.2 Å². The van der Waals surface area contributed by atoms with E-state index in [1.54, 1.807) is 6.92 Å². The molecule has 1 unspecified atom stereocenters. The van der Waals surface area contributed by atoms with Gasteiger partial charge in [-0.2, -0.15) is 0 Å². The van der Waals surface area contributed by atoms with Gasteiger partial charge in [-0.1, -0.05) is 20.8 Å². The molecule has 1 aliphatic heterocycles. The van der Waals surface area contributed by atoms with Crippen LogP contribution >= 0.6 is 0 Å². The number of aliphatic carboxylic acids is 1. The van der Waals surface area contributed by atoms with E-state index in [4.69, 9.17) is 5.11 Å². The van der Waals surface area contributed by atoms with Crippen LogP contribution in [-0.4, -0.2) is 48.1 Å². The van der Waals surface area contributed by atoms with Gasteiger partial charge in [-0.25, -0.2) is 0 Å². The average Bonchev–Trinajstić information content (AvgIpc) is 2.21. The Labute approximate surface area is 109 Å². The number of likely N-dealkylation sites (tertiary alicyclic amines) is 1. The fraction of sp³-hybridized carbons (Fsp3) is 0.846. The molecule has 0 aliphatic carbocycles. The zero-order chi connectivity index (χ0) is 13.7. The van der Waals surface area contributed by atoms with Gasteiger partial charge in [0.25, 0.3) is 0 Å². The SMILES string of the molecule is CC(C)CCNC(=O)CN1CC(C(C)C(=O)O)C1. The van der Waals surface area contributed by atoms with Gasteiger partial charge < -0.3 is 10.4 Å². The van der Waals surface area contributed by atoms with Crippen molar-refractivity contribution in [2.75, 3.05) is 26.2 Å². The maximum atomic E-state index is 11.6. The number of carboxylic acid groups (broad SMARTS) is 1. The quantitative estimate of drug-likeness (QED) is 0.707. The van der Waals surface area contributed by atoms with Crippen molar-refractivity contribution in [3.63, 3.8) is 0 Å². The third-order valence-corrected chi connectivity index (χ3v) is 3.49. The summed E-state index contributed by atoms with van der Waals surface area (Å²) in [6.07, 6.45) is 0.990. The summed E-state index contributed by atoms with van der Waals surface area (Å²) >= 11 is 0. The number of carbonyl (C=O) groups excluding carboxylic acids is 1. The average molecular weight is 256 g/mol. The Morgan fingerprint density at radius 3 is 2.44 bits per heavy atom. The van der Waals surface area contributed by atoms with E-state index in [9.17, 15) is 9.59 Å². The summed E-state index contributed by atoms with van der Waals surface area (Å²) in [5, 5.41) is 11.7. The Morgan fingerprint density at radius 1 is 1.33 bits per heavy atom. The summed E-state index contributed by atoms with van der Waals surface area (Å²) in [4.78, 5) is 24.3. The maximum Gasteiger partial charge on any atom is 0.306 e. The Balaban J connectivity index is 2.12. The van der Waals surface area contributed by atoms with Gasteiger partial charge in [-0.05, 0) is 18.3 Å². The molecule has 0 aromatic rings. The lowest BCUT2D eigenvalue weighted by molar-refractivity contribution is -0.145. The number of hydrogen-bond acceptors (Lipinski definition) is 3. The molecule has 18 heavy (non-hydrogen) atoms. The first-order valence-corrected chi connectivity index (χ1v) is 6.62. The molecule has 1 heterocycles. The van der Waals surface area contributed by atoms with Crippen molar-refractivity contribution in [2.24, 2.45) is 17.8 Å². The van der Waals surface area contributed by atoms with Gasteiger partial charge in [0.15, 0.2) is 0 Å². The first-order valence-electron chi connectivity index (χ1n) is 6.62. The predicted molar refractivity (Wildman–Crippen MR) is 69.2 cm³/mol. The van der Waals surface area contributed by atoms with Crippen LogP contribution < -0.4 is 5.32 Å². The lowest BCUT2D eigenvalue weighted by atomic mass is 9.87. The second kappa shape index (κ2) is 6.73. The molecule has 1 rings (SSSR count). The predicted octanol–water partition coefficient (Wildman–Crippen LogP) is 0.801. The molecular formula is C13H24N2O3. The molecule has 1 fully saturated rings. The summed E-state index contributed by atoms with van der Waals surface area (Å²) in [5.74, 6) is -0.246. The minimum atomic E-state index is -0.749. The summed E-state index contributed by atoms with van der Waals surface area (Å²) in [6.45, 7) is 8.52. The number of hydrogen-bond donors (Lipinski definition) is 2. The minimum absolute atomic E-state index is 0.0390. The highest BCUT2D eigenvalue weighted by Crippen LogP contribution is 2.23. The van der Waals surface area contributed by atoms with E-state index in [2.05, 4.69) is 19.2 Å². The van der Waals surface area contributed by atoms with Crippen molar-refractivity contribution in [3.8, 4) is 0 Å². The number of carbonyl (C=O) groups is 2. The molecule has 0 spiro atoms. The van der Waals surface area contributed by atoms with Crippen LogP contribution in [0.2, 0.25) is 0 Å². The lowest BCUT2D eigenvalue weighted by Crippen LogP contribution is -2.53. The van der Waals surface area contributed by atoms with Gasteiger partial charge in [-0.15, -0.1) is 0 Å². The van der Waals surface area contributed by atoms with Crippen LogP contribution in [0.4, 0.5) is 0 Å². The lowest BCUT2D eigenvalue weighted by Gasteiger charge is -2.40. The molecule has 0 radical (unpaired) electrons. The van der Waals surface area contributed by atoms with Gasteiger partial charge in [0, 0.05) is 19.6 Å². The summed E-state index contributed by atoms with van der Waals surface area (Å²) in [5.41, 5.74) is 0. The molecular weight excluding hydrogens is 232 g/mol. The fourth-order valence-corrected chi connectivity index (χ4v) is 2.02. The van der Waals surface area contributed by atoms with Crippen LogP contribution in [0, 0.1) is 17.8 Å². The first kappa shape index (κ1) is 15.0. The molecule has 1 saturated heterocycles. The molecule has 0 saturated carbocycles. The van der Waals surface area contributed by atoms with Crippen LogP contribution in [0.5, 0.6) is 0 Å². The number of amides is 1. The molecule has 0 bridgehead atoms. The smallest absolute Gasteiger partial charge is 0.306 e. The van der Waals surface area contributed by atoms with Crippen molar-refractivity contribution >= 4 is 11.9 Å². The standard InChI is InChI=1S/C13H24N2O3/c1-9(2)4-5-14-12(16)8-15-6-11(7-15)10(3)13(17)18/h9-11H,4-8H2,1-3H3,(H,14,16)(H,17,18). The molecule has 104 valence electrons. The molecule has 1 amide bonds. The normalized spacial score (nSPS) is 18.4. The van der Waals surface area contributed by atoms with E-state index in [1.807, 2.05) is 4.90 Å². The highest BCUT2D eigenvalue weighted by molar-refractivity contribution is 5.78. The number of nitrogens with zero attached hydrogens (tertiary/aromatic N) is 1. The van der Waals surface area contributed by atoms with Crippen LogP contribution in [0.3, 0.4) is 0 Å². The Hall–Kier alpha value is -1.10. The topological polar surface area (TPSA) is 69.6 Å². The van der Waals surface area contributed by atoms with Crippen LogP contribution in [0.25, 0.3) is 0 Å². The molecule has 2 N–H and O–H groups in total. The second-order valence-electron chi connectivity index (χ2n) is 5.61. The van der Waals surface area contributed by atoms with Gasteiger partial charge in [0.1, 0.15) is 0 Å². The fourth-order valence-electron chi connectivity index (χ4n) is 2.02. The van der Waals surface area contributed by atoms with E-state index in [-0.39, 0.29) is 17.7 Å². The summed E-state index contributed by atoms with van der Waals surface area (Å²) < 4.78 is 0. The maximum absolute atomic E-state index is 11.6. The largest absolute Gasteiger partial charge is 0.481 e. The zero-order valence-electron chi connectivity index (χ0n) is 11.5. The number of carboxylic acids is 1. The highest BCUT2D eigenvalue weighted by atomic mass is 16.4. The van der Waals surface area contributed by atoms with Crippen LogP contribution in [0.1, 0.15) is 27.2 Å². The third kappa shape index (κ3) is 4.64. The Morgan fingerprint density at radius 2 is 1.94 bits per heavy atom. The van der Waals surface area contributed by atoms with Crippen LogP contribution in [0.15, 0.2) is 0 Å². The van der Waals surface area contributed by atoms with E-state index in [1.165, 1.54) is 0 Å². The van der Waals surface area contributed by atoms with Gasteiger partial charge >= 0.3 is 5.97 Å². The molecule has 5 nitrogen and oxygen atoms in total. The van der Waals surface area contributed by atoms with E-state index in [0.29, 0.717) is 25.6 Å². The molecule has 0 aromatic heterocycles. The molecule has 0 aromatic carbocycles. The van der Waals surface area contributed by atoms with Crippen molar-refractivity contribution < 1.29 is 14.7 Å². The zero-order valence-corrected chi connectivity index (χ0v) is 11.5. The minimum Gasteiger partial charge on any atom is -0.481 e. The molecule has 1 atom stereocenters. The van der Waals surface area contributed by atoms with E-state index < -0.39 is 5.97 Å². The summed E-state index contributed by atoms with van der Waals surface area (Å²) in [6, 6.07) is 0. The molecule has 5 heteroatoms. The Kier molecular flexibility index (Phi) is 5.59. The highest BCUT2D eigenvalue weighted by Gasteiger charge is 2.35. The molecule has 1 aliphatic rings. The van der Waals surface area contributed by atoms with Gasteiger partial charge in [0.2, 0.25) is 5.91 Å². The first-order chi connectivity index (χ1) is 8.40. The van der Waals surface area contributed by atoms with Crippen molar-refractivity contribution in [3.05, 3.63) is 0 Å². The van der Waals surface area contributed by atoms with Crippen molar-refractivity contribution in [2.45, 2.75) is 27.2 Å². The Bertz CT molecular complexity index is 299. The van der Waals surface area contributed by atoms with Gasteiger partial charge in [-0.3, -0.25) is 14.5 Å². The van der Waals surface area contributed by atoms with Crippen LogP contribution in [-0.2, 0) is 9.59 Å². The third-order valence-electron chi connectivity index (χ3n) is 3.49. The van der Waals surface area contributed by atoms with E-state index in [0.717, 1.165) is 13.0 Å².